The van der Waals surface area contributed by atoms with Crippen molar-refractivity contribution in [1.82, 2.24) is 0 Å². The SMILES string of the molecule is CC1(C)OCC(=O)C(Cc2ccccc2)O1. The Bertz CT molecular complexity index is 370. The Kier molecular flexibility index (Phi) is 3.08. The highest BCUT2D eigenvalue weighted by Gasteiger charge is 2.34. The van der Waals surface area contributed by atoms with Crippen LogP contribution in [-0.2, 0) is 20.7 Å². The summed E-state index contributed by atoms with van der Waals surface area (Å²) in [5, 5.41) is 0. The quantitative estimate of drug-likeness (QED) is 0.764. The Hall–Kier alpha value is -1.19. The molecule has 2 rings (SSSR count). The molecule has 0 amide bonds. The van der Waals surface area contributed by atoms with E-state index in [1.165, 1.54) is 0 Å². The molecule has 1 saturated heterocycles. The van der Waals surface area contributed by atoms with Crippen LogP contribution in [0, 0.1) is 0 Å². The minimum atomic E-state index is -0.659. The van der Waals surface area contributed by atoms with E-state index in [1.54, 1.807) is 0 Å². The molecule has 0 spiro atoms. The maximum Gasteiger partial charge on any atom is 0.187 e. The average Bonchev–Trinajstić information content (AvgIpc) is 2.25. The number of rotatable bonds is 2. The van der Waals surface area contributed by atoms with Crippen LogP contribution in [0.15, 0.2) is 30.3 Å². The molecule has 1 aromatic rings. The van der Waals surface area contributed by atoms with E-state index < -0.39 is 5.79 Å². The lowest BCUT2D eigenvalue weighted by molar-refractivity contribution is -0.257. The lowest BCUT2D eigenvalue weighted by Crippen LogP contribution is -2.46. The molecule has 0 N–H and O–H groups in total. The summed E-state index contributed by atoms with van der Waals surface area (Å²) in [5.74, 6) is -0.643. The van der Waals surface area contributed by atoms with Crippen LogP contribution in [0.5, 0.6) is 0 Å². The third-order valence-corrected chi connectivity index (χ3v) is 2.61. The molecule has 0 aliphatic carbocycles. The van der Waals surface area contributed by atoms with E-state index in [0.717, 1.165) is 5.56 Å². The first kappa shape index (κ1) is 11.3. The van der Waals surface area contributed by atoms with E-state index in [1.807, 2.05) is 44.2 Å². The Labute approximate surface area is 95.4 Å². The number of ketones is 1. The molecular weight excluding hydrogens is 204 g/mol. The van der Waals surface area contributed by atoms with E-state index in [2.05, 4.69) is 0 Å². The number of Topliss-reactive ketones (excluding diaryl/α,β-unsaturated/α-hetero) is 1. The van der Waals surface area contributed by atoms with Gasteiger partial charge in [0.05, 0.1) is 0 Å². The first-order valence-electron chi connectivity index (χ1n) is 5.45. The Morgan fingerprint density at radius 1 is 1.31 bits per heavy atom. The molecule has 1 atom stereocenters. The first-order valence-corrected chi connectivity index (χ1v) is 5.45. The van der Waals surface area contributed by atoms with Gasteiger partial charge in [0.1, 0.15) is 12.7 Å². The van der Waals surface area contributed by atoms with Gasteiger partial charge in [0.15, 0.2) is 11.6 Å². The standard InChI is InChI=1S/C13H16O3/c1-13(2)15-9-11(14)12(16-13)8-10-6-4-3-5-7-10/h3-7,12H,8-9H2,1-2H3. The maximum absolute atomic E-state index is 11.6. The fourth-order valence-electron chi connectivity index (χ4n) is 1.76. The van der Waals surface area contributed by atoms with E-state index in [4.69, 9.17) is 9.47 Å². The van der Waals surface area contributed by atoms with Crippen LogP contribution < -0.4 is 0 Å². The van der Waals surface area contributed by atoms with Gasteiger partial charge in [-0.25, -0.2) is 0 Å². The number of ether oxygens (including phenoxy) is 2. The van der Waals surface area contributed by atoms with Crippen LogP contribution in [0.2, 0.25) is 0 Å². The summed E-state index contributed by atoms with van der Waals surface area (Å²) in [4.78, 5) is 11.6. The lowest BCUT2D eigenvalue weighted by Gasteiger charge is -2.35. The molecule has 0 radical (unpaired) electrons. The average molecular weight is 220 g/mol. The van der Waals surface area contributed by atoms with Crippen molar-refractivity contribution in [2.24, 2.45) is 0 Å². The molecule has 1 fully saturated rings. The molecule has 1 aliphatic rings. The second-order valence-electron chi connectivity index (χ2n) is 4.45. The number of benzene rings is 1. The summed E-state index contributed by atoms with van der Waals surface area (Å²) < 4.78 is 10.9. The molecule has 3 heteroatoms. The Morgan fingerprint density at radius 3 is 2.69 bits per heavy atom. The maximum atomic E-state index is 11.6. The van der Waals surface area contributed by atoms with Crippen molar-refractivity contribution in [2.75, 3.05) is 6.61 Å². The molecule has 86 valence electrons. The highest BCUT2D eigenvalue weighted by atomic mass is 16.7. The van der Waals surface area contributed by atoms with E-state index in [9.17, 15) is 4.79 Å². The third-order valence-electron chi connectivity index (χ3n) is 2.61. The predicted octanol–water partition coefficient (Wildman–Crippen LogP) is 1.95. The smallest absolute Gasteiger partial charge is 0.187 e. The normalized spacial score (nSPS) is 24.4. The Balaban J connectivity index is 2.06. The zero-order valence-corrected chi connectivity index (χ0v) is 9.60. The lowest BCUT2D eigenvalue weighted by atomic mass is 10.0. The fraction of sp³-hybridized carbons (Fsp3) is 0.462. The van der Waals surface area contributed by atoms with Crippen molar-refractivity contribution in [1.29, 1.82) is 0 Å². The summed E-state index contributed by atoms with van der Waals surface area (Å²) >= 11 is 0. The first-order chi connectivity index (χ1) is 7.57. The topological polar surface area (TPSA) is 35.5 Å². The summed E-state index contributed by atoms with van der Waals surface area (Å²) in [7, 11) is 0. The molecule has 1 unspecified atom stereocenters. The molecule has 0 bridgehead atoms. The molecule has 3 nitrogen and oxygen atoms in total. The van der Waals surface area contributed by atoms with Crippen molar-refractivity contribution in [3.05, 3.63) is 35.9 Å². The summed E-state index contributed by atoms with van der Waals surface area (Å²) in [6.07, 6.45) is 0.234. The van der Waals surface area contributed by atoms with E-state index >= 15 is 0 Å². The third kappa shape index (κ3) is 2.68. The van der Waals surface area contributed by atoms with E-state index in [-0.39, 0.29) is 18.5 Å². The molecule has 0 aromatic heterocycles. The van der Waals surface area contributed by atoms with Crippen molar-refractivity contribution < 1.29 is 14.3 Å². The van der Waals surface area contributed by atoms with Gasteiger partial charge in [-0.2, -0.15) is 0 Å². The van der Waals surface area contributed by atoms with Gasteiger partial charge in [0.2, 0.25) is 0 Å². The summed E-state index contributed by atoms with van der Waals surface area (Å²) in [6, 6.07) is 9.88. The van der Waals surface area contributed by atoms with Crippen LogP contribution >= 0.6 is 0 Å². The van der Waals surface area contributed by atoms with Gasteiger partial charge in [-0.3, -0.25) is 4.79 Å². The molecule has 0 saturated carbocycles. The fourth-order valence-corrected chi connectivity index (χ4v) is 1.76. The van der Waals surface area contributed by atoms with Gasteiger partial charge >= 0.3 is 0 Å². The number of hydrogen-bond donors (Lipinski definition) is 0. The highest BCUT2D eigenvalue weighted by Crippen LogP contribution is 2.22. The minimum Gasteiger partial charge on any atom is -0.343 e. The van der Waals surface area contributed by atoms with E-state index in [0.29, 0.717) is 6.42 Å². The predicted molar refractivity (Wildman–Crippen MR) is 60.1 cm³/mol. The largest absolute Gasteiger partial charge is 0.343 e. The minimum absolute atomic E-state index is 0.0168. The summed E-state index contributed by atoms with van der Waals surface area (Å²) in [6.45, 7) is 3.80. The van der Waals surface area contributed by atoms with Crippen LogP contribution in [-0.4, -0.2) is 24.3 Å². The zero-order chi connectivity index (χ0) is 11.6. The van der Waals surface area contributed by atoms with Gasteiger partial charge in [-0.15, -0.1) is 0 Å². The van der Waals surface area contributed by atoms with Crippen molar-refractivity contribution in [3.63, 3.8) is 0 Å². The molecular formula is C13H16O3. The van der Waals surface area contributed by atoms with Crippen molar-refractivity contribution in [3.8, 4) is 0 Å². The van der Waals surface area contributed by atoms with Gasteiger partial charge in [0, 0.05) is 6.42 Å². The van der Waals surface area contributed by atoms with Gasteiger partial charge < -0.3 is 9.47 Å². The van der Waals surface area contributed by atoms with Crippen LogP contribution in [0.3, 0.4) is 0 Å². The molecule has 16 heavy (non-hydrogen) atoms. The summed E-state index contributed by atoms with van der Waals surface area (Å²) in [5.41, 5.74) is 1.11. The van der Waals surface area contributed by atoms with Gasteiger partial charge in [-0.1, -0.05) is 30.3 Å². The zero-order valence-electron chi connectivity index (χ0n) is 9.60. The van der Waals surface area contributed by atoms with Crippen molar-refractivity contribution in [2.45, 2.75) is 32.2 Å². The number of carbonyl (C=O) groups excluding carboxylic acids is 1. The van der Waals surface area contributed by atoms with Crippen LogP contribution in [0.4, 0.5) is 0 Å². The van der Waals surface area contributed by atoms with Crippen LogP contribution in [0.25, 0.3) is 0 Å². The number of carbonyl (C=O) groups is 1. The second-order valence-corrected chi connectivity index (χ2v) is 4.45. The highest BCUT2D eigenvalue weighted by molar-refractivity contribution is 5.85. The van der Waals surface area contributed by atoms with Crippen molar-refractivity contribution >= 4 is 5.78 Å². The number of hydrogen-bond acceptors (Lipinski definition) is 3. The van der Waals surface area contributed by atoms with Gasteiger partial charge in [0.25, 0.3) is 0 Å². The monoisotopic (exact) mass is 220 g/mol. The Morgan fingerprint density at radius 2 is 2.00 bits per heavy atom. The second kappa shape index (κ2) is 4.36. The molecule has 1 aromatic carbocycles. The molecule has 1 aliphatic heterocycles. The molecule has 1 heterocycles. The van der Waals surface area contributed by atoms with Crippen LogP contribution in [0.1, 0.15) is 19.4 Å². The van der Waals surface area contributed by atoms with Gasteiger partial charge in [-0.05, 0) is 19.4 Å².